The number of nitrogens with two attached hydrogens (primary N) is 1. The van der Waals surface area contributed by atoms with Gasteiger partial charge < -0.3 is 15.4 Å². The minimum Gasteiger partial charge on any atom is -0.373 e. The number of aromatic nitrogens is 2. The lowest BCUT2D eigenvalue weighted by Gasteiger charge is -2.36. The van der Waals surface area contributed by atoms with Gasteiger partial charge >= 0.3 is 0 Å². The van der Waals surface area contributed by atoms with E-state index in [0.29, 0.717) is 31.9 Å². The van der Waals surface area contributed by atoms with Gasteiger partial charge in [0.05, 0.1) is 24.6 Å². The van der Waals surface area contributed by atoms with Crippen molar-refractivity contribution >= 4 is 17.3 Å². The van der Waals surface area contributed by atoms with Gasteiger partial charge in [-0.3, -0.25) is 4.79 Å². The fraction of sp³-hybridized carbons (Fsp3) is 0.692. The third kappa shape index (κ3) is 3.13. The quantitative estimate of drug-likeness (QED) is 0.893. The van der Waals surface area contributed by atoms with Gasteiger partial charge in [-0.2, -0.15) is 5.10 Å². The van der Waals surface area contributed by atoms with Crippen LogP contribution in [0.25, 0.3) is 0 Å². The van der Waals surface area contributed by atoms with E-state index in [9.17, 15) is 4.79 Å². The Kier molecular flexibility index (Phi) is 5.01. The van der Waals surface area contributed by atoms with Crippen LogP contribution in [0.2, 0.25) is 5.02 Å². The summed E-state index contributed by atoms with van der Waals surface area (Å²) in [5.74, 6) is 0. The van der Waals surface area contributed by atoms with Crippen LogP contribution in [-0.4, -0.2) is 41.6 Å². The number of ether oxygens (including phenoxy) is 1. The topological polar surface area (TPSA) is 73.4 Å². The summed E-state index contributed by atoms with van der Waals surface area (Å²) in [6, 6.07) is -0.0648. The average Bonchev–Trinajstić information content (AvgIpc) is 2.44. The third-order valence-corrected chi connectivity index (χ3v) is 3.78. The van der Waals surface area contributed by atoms with Gasteiger partial charge in [0.25, 0.3) is 5.56 Å². The predicted octanol–water partition coefficient (Wildman–Crippen LogP) is 0.859. The first kappa shape index (κ1) is 15.3. The Morgan fingerprint density at radius 3 is 3.05 bits per heavy atom. The molecule has 2 heterocycles. The molecule has 1 fully saturated rings. The van der Waals surface area contributed by atoms with Gasteiger partial charge in [0.1, 0.15) is 5.02 Å². The lowest BCUT2D eigenvalue weighted by Crippen LogP contribution is -2.50. The Bertz CT molecular complexity index is 518. The Morgan fingerprint density at radius 2 is 2.40 bits per heavy atom. The number of halogens is 1. The second-order valence-corrected chi connectivity index (χ2v) is 5.46. The average molecular weight is 301 g/mol. The van der Waals surface area contributed by atoms with Crippen molar-refractivity contribution in [2.75, 3.05) is 24.6 Å². The van der Waals surface area contributed by atoms with E-state index in [2.05, 4.69) is 5.10 Å². The molecule has 0 amide bonds. The van der Waals surface area contributed by atoms with Gasteiger partial charge in [-0.15, -0.1) is 0 Å². The lowest BCUT2D eigenvalue weighted by molar-refractivity contribution is 0.0275. The van der Waals surface area contributed by atoms with Crippen molar-refractivity contribution in [3.8, 4) is 0 Å². The van der Waals surface area contributed by atoms with Crippen molar-refractivity contribution in [2.24, 2.45) is 5.73 Å². The van der Waals surface area contributed by atoms with E-state index in [4.69, 9.17) is 22.1 Å². The summed E-state index contributed by atoms with van der Waals surface area (Å²) in [7, 11) is 0. The maximum absolute atomic E-state index is 12.1. The first-order valence-corrected chi connectivity index (χ1v) is 7.30. The monoisotopic (exact) mass is 300 g/mol. The molecule has 112 valence electrons. The van der Waals surface area contributed by atoms with Crippen LogP contribution in [-0.2, 0) is 11.3 Å². The molecule has 0 aromatic carbocycles. The third-order valence-electron chi connectivity index (χ3n) is 3.42. The zero-order chi connectivity index (χ0) is 14.7. The first-order valence-electron chi connectivity index (χ1n) is 6.92. The van der Waals surface area contributed by atoms with E-state index >= 15 is 0 Å². The molecule has 2 rings (SSSR count). The lowest BCUT2D eigenvalue weighted by atomic mass is 10.1. The Labute approximate surface area is 123 Å². The molecule has 7 heteroatoms. The van der Waals surface area contributed by atoms with Gasteiger partial charge in [-0.25, -0.2) is 4.68 Å². The van der Waals surface area contributed by atoms with Crippen molar-refractivity contribution in [1.82, 2.24) is 9.78 Å². The Hall–Kier alpha value is -1.11. The molecule has 1 aliphatic heterocycles. The summed E-state index contributed by atoms with van der Waals surface area (Å²) in [5, 5.41) is 4.40. The summed E-state index contributed by atoms with van der Waals surface area (Å²) in [6.07, 6.45) is 2.44. The van der Waals surface area contributed by atoms with Crippen LogP contribution >= 0.6 is 11.6 Å². The van der Waals surface area contributed by atoms with Crippen LogP contribution in [0.5, 0.6) is 0 Å². The molecule has 0 aliphatic carbocycles. The predicted molar refractivity (Wildman–Crippen MR) is 79.4 cm³/mol. The second-order valence-electron chi connectivity index (χ2n) is 5.09. The summed E-state index contributed by atoms with van der Waals surface area (Å²) >= 11 is 6.21. The van der Waals surface area contributed by atoms with E-state index in [0.717, 1.165) is 6.42 Å². The molecule has 0 saturated carbocycles. The highest BCUT2D eigenvalue weighted by molar-refractivity contribution is 6.33. The molecule has 2 unspecified atom stereocenters. The highest BCUT2D eigenvalue weighted by Crippen LogP contribution is 2.23. The van der Waals surface area contributed by atoms with Gasteiger partial charge in [-0.1, -0.05) is 18.5 Å². The normalized spacial score (nSPS) is 21.0. The van der Waals surface area contributed by atoms with Crippen LogP contribution in [0.4, 0.5) is 5.69 Å². The number of morpholine rings is 1. The number of anilines is 1. The van der Waals surface area contributed by atoms with Gasteiger partial charge in [0.2, 0.25) is 0 Å². The second kappa shape index (κ2) is 6.56. The molecular weight excluding hydrogens is 280 g/mol. The van der Waals surface area contributed by atoms with Gasteiger partial charge in [0, 0.05) is 25.7 Å². The zero-order valence-corrected chi connectivity index (χ0v) is 12.6. The van der Waals surface area contributed by atoms with E-state index < -0.39 is 0 Å². The molecule has 2 atom stereocenters. The standard InChI is InChI=1S/C13H21ClN4O2/c1-3-4-18-13(19)12(14)10(7-16-18)17-5-6-20-11(8-17)9(2)15/h7,9,11H,3-6,8,15H2,1-2H3. The van der Waals surface area contributed by atoms with E-state index in [-0.39, 0.29) is 22.7 Å². The SMILES string of the molecule is CCCn1ncc(N2CCOC(C(C)N)C2)c(Cl)c1=O. The zero-order valence-electron chi connectivity index (χ0n) is 11.9. The van der Waals surface area contributed by atoms with Crippen molar-refractivity contribution in [2.45, 2.75) is 39.0 Å². The maximum Gasteiger partial charge on any atom is 0.287 e. The largest absolute Gasteiger partial charge is 0.373 e. The van der Waals surface area contributed by atoms with Gasteiger partial charge in [0.15, 0.2) is 0 Å². The molecule has 0 radical (unpaired) electrons. The maximum atomic E-state index is 12.1. The highest BCUT2D eigenvalue weighted by Gasteiger charge is 2.26. The molecule has 0 bridgehead atoms. The molecule has 1 aromatic heterocycles. The highest BCUT2D eigenvalue weighted by atomic mass is 35.5. The van der Waals surface area contributed by atoms with E-state index in [1.165, 1.54) is 4.68 Å². The number of rotatable bonds is 4. The minimum atomic E-state index is -0.241. The molecule has 6 nitrogen and oxygen atoms in total. The van der Waals surface area contributed by atoms with Crippen molar-refractivity contribution in [3.63, 3.8) is 0 Å². The Balaban J connectivity index is 2.24. The fourth-order valence-corrected chi connectivity index (χ4v) is 2.53. The molecule has 1 aliphatic rings. The summed E-state index contributed by atoms with van der Waals surface area (Å²) in [6.45, 7) is 6.35. The first-order chi connectivity index (χ1) is 9.54. The van der Waals surface area contributed by atoms with Crippen LogP contribution in [0.3, 0.4) is 0 Å². The molecule has 0 spiro atoms. The molecule has 2 N–H and O–H groups in total. The number of aryl methyl sites for hydroxylation is 1. The summed E-state index contributed by atoms with van der Waals surface area (Å²) < 4.78 is 7.01. The number of nitrogens with zero attached hydrogens (tertiary/aromatic N) is 3. The summed E-state index contributed by atoms with van der Waals surface area (Å²) in [4.78, 5) is 14.1. The van der Waals surface area contributed by atoms with Crippen molar-refractivity contribution in [3.05, 3.63) is 21.6 Å². The number of hydrogen-bond acceptors (Lipinski definition) is 5. The van der Waals surface area contributed by atoms with Crippen molar-refractivity contribution in [1.29, 1.82) is 0 Å². The van der Waals surface area contributed by atoms with Crippen molar-refractivity contribution < 1.29 is 4.74 Å². The summed E-state index contributed by atoms with van der Waals surface area (Å²) in [5.41, 5.74) is 6.30. The smallest absolute Gasteiger partial charge is 0.287 e. The molecular formula is C13H21ClN4O2. The Morgan fingerprint density at radius 1 is 1.65 bits per heavy atom. The van der Waals surface area contributed by atoms with Crippen LogP contribution in [0, 0.1) is 0 Å². The van der Waals surface area contributed by atoms with E-state index in [1.54, 1.807) is 6.20 Å². The minimum absolute atomic E-state index is 0.0575. The number of hydrogen-bond donors (Lipinski definition) is 1. The molecule has 20 heavy (non-hydrogen) atoms. The van der Waals surface area contributed by atoms with Crippen LogP contribution < -0.4 is 16.2 Å². The van der Waals surface area contributed by atoms with Crippen LogP contribution in [0.15, 0.2) is 11.0 Å². The molecule has 1 saturated heterocycles. The fourth-order valence-electron chi connectivity index (χ4n) is 2.26. The van der Waals surface area contributed by atoms with Crippen LogP contribution in [0.1, 0.15) is 20.3 Å². The van der Waals surface area contributed by atoms with Gasteiger partial charge in [-0.05, 0) is 13.3 Å². The van der Waals surface area contributed by atoms with E-state index in [1.807, 2.05) is 18.7 Å². The molecule has 1 aromatic rings.